The fourth-order valence-electron chi connectivity index (χ4n) is 7.89. The summed E-state index contributed by atoms with van der Waals surface area (Å²) in [4.78, 5) is 12.7. The van der Waals surface area contributed by atoms with Gasteiger partial charge in [0.05, 0.1) is 11.5 Å². The van der Waals surface area contributed by atoms with E-state index in [9.17, 15) is 15.0 Å². The van der Waals surface area contributed by atoms with E-state index < -0.39 is 40.7 Å². The zero-order valence-corrected chi connectivity index (χ0v) is 14.9. The summed E-state index contributed by atoms with van der Waals surface area (Å²) in [6.07, 6.45) is -0.392. The van der Waals surface area contributed by atoms with Gasteiger partial charge in [-0.05, 0) is 56.4 Å². The van der Waals surface area contributed by atoms with Crippen LogP contribution in [0.15, 0.2) is 12.2 Å². The molecule has 1 aliphatic heterocycles. The first kappa shape index (κ1) is 16.2. The molecular formula is C20H27FO4. The maximum absolute atomic E-state index is 15.5. The van der Waals surface area contributed by atoms with Gasteiger partial charge in [0.15, 0.2) is 0 Å². The minimum absolute atomic E-state index is 0.0882. The first-order valence-electron chi connectivity index (χ1n) is 9.59. The average Bonchev–Trinajstić information content (AvgIpc) is 2.96. The predicted molar refractivity (Wildman–Crippen MR) is 88.1 cm³/mol. The molecule has 1 heterocycles. The maximum atomic E-state index is 15.5. The molecule has 25 heavy (non-hydrogen) atoms. The van der Waals surface area contributed by atoms with Crippen LogP contribution < -0.4 is 0 Å². The van der Waals surface area contributed by atoms with Crippen molar-refractivity contribution in [3.05, 3.63) is 12.2 Å². The summed E-state index contributed by atoms with van der Waals surface area (Å²) in [7, 11) is 0. The second kappa shape index (κ2) is 4.48. The monoisotopic (exact) mass is 350 g/mol. The molecule has 0 amide bonds. The Labute approximate surface area is 147 Å². The molecule has 0 unspecified atom stereocenters. The molecule has 2 N–H and O–H groups in total. The van der Waals surface area contributed by atoms with Gasteiger partial charge in [-0.3, -0.25) is 4.79 Å². The zero-order valence-electron chi connectivity index (χ0n) is 14.9. The highest BCUT2D eigenvalue weighted by atomic mass is 19.1. The number of aliphatic hydroxyl groups excluding tert-OH is 2. The second-order valence-corrected chi connectivity index (χ2v) is 9.71. The molecule has 1 spiro atoms. The minimum Gasteiger partial charge on any atom is -0.459 e. The lowest BCUT2D eigenvalue weighted by Gasteiger charge is -2.65. The van der Waals surface area contributed by atoms with Gasteiger partial charge in [-0.1, -0.05) is 13.5 Å². The number of ether oxygens (including phenoxy) is 1. The van der Waals surface area contributed by atoms with Crippen LogP contribution in [0.1, 0.15) is 46.0 Å². The molecule has 5 heteroatoms. The number of aliphatic hydroxyl groups is 2. The van der Waals surface area contributed by atoms with Gasteiger partial charge >= 0.3 is 5.97 Å². The number of esters is 1. The van der Waals surface area contributed by atoms with E-state index in [0.717, 1.165) is 12.8 Å². The topological polar surface area (TPSA) is 66.8 Å². The summed E-state index contributed by atoms with van der Waals surface area (Å²) in [5.74, 6) is -0.630. The second-order valence-electron chi connectivity index (χ2n) is 9.71. The summed E-state index contributed by atoms with van der Waals surface area (Å²) in [5.41, 5.74) is -1.71. The Bertz CT molecular complexity index is 679. The summed E-state index contributed by atoms with van der Waals surface area (Å²) < 4.78 is 21.2. The Morgan fingerprint density at radius 2 is 1.96 bits per heavy atom. The van der Waals surface area contributed by atoms with Crippen LogP contribution in [0, 0.1) is 34.0 Å². The Morgan fingerprint density at radius 1 is 1.24 bits per heavy atom. The highest BCUT2D eigenvalue weighted by Gasteiger charge is 2.78. The third-order valence-corrected chi connectivity index (χ3v) is 9.04. The number of halogens is 1. The van der Waals surface area contributed by atoms with E-state index in [0.29, 0.717) is 24.8 Å². The van der Waals surface area contributed by atoms with Crippen molar-refractivity contribution >= 4 is 5.97 Å². The first-order valence-corrected chi connectivity index (χ1v) is 9.59. The van der Waals surface area contributed by atoms with E-state index in [-0.39, 0.29) is 23.7 Å². The molecule has 0 radical (unpaired) electrons. The summed E-state index contributed by atoms with van der Waals surface area (Å²) >= 11 is 0. The van der Waals surface area contributed by atoms with Crippen molar-refractivity contribution in [1.82, 2.24) is 0 Å². The fraction of sp³-hybridized carbons (Fsp3) is 0.850. The van der Waals surface area contributed by atoms with Crippen LogP contribution in [0.2, 0.25) is 0 Å². The van der Waals surface area contributed by atoms with Gasteiger partial charge in [0.25, 0.3) is 0 Å². The number of carbonyl (C=O) groups excluding carboxylic acids is 1. The lowest BCUT2D eigenvalue weighted by atomic mass is 9.39. The van der Waals surface area contributed by atoms with Crippen molar-refractivity contribution in [3.8, 4) is 0 Å². The van der Waals surface area contributed by atoms with E-state index >= 15 is 4.39 Å². The van der Waals surface area contributed by atoms with Crippen LogP contribution in [0.25, 0.3) is 0 Å². The van der Waals surface area contributed by atoms with E-state index in [2.05, 4.69) is 6.58 Å². The Balaban J connectivity index is 1.74. The largest absolute Gasteiger partial charge is 0.459 e. The zero-order chi connectivity index (χ0) is 17.9. The van der Waals surface area contributed by atoms with Gasteiger partial charge in [0, 0.05) is 16.7 Å². The van der Waals surface area contributed by atoms with Gasteiger partial charge < -0.3 is 14.9 Å². The molecule has 4 aliphatic carbocycles. The molecule has 2 bridgehead atoms. The van der Waals surface area contributed by atoms with Crippen molar-refractivity contribution in [2.75, 3.05) is 0 Å². The molecule has 4 saturated carbocycles. The smallest absolute Gasteiger partial charge is 0.312 e. The number of allylic oxidation sites excluding steroid dienone is 1. The maximum Gasteiger partial charge on any atom is 0.312 e. The molecule has 0 aromatic heterocycles. The summed E-state index contributed by atoms with van der Waals surface area (Å²) in [6.45, 7) is 7.90. The molecule has 5 aliphatic rings. The Kier molecular flexibility index (Phi) is 2.91. The third kappa shape index (κ3) is 1.48. The van der Waals surface area contributed by atoms with Crippen LogP contribution in [0.5, 0.6) is 0 Å². The van der Waals surface area contributed by atoms with Gasteiger partial charge in [0.2, 0.25) is 0 Å². The molecular weight excluding hydrogens is 323 g/mol. The third-order valence-electron chi connectivity index (χ3n) is 9.04. The Hall–Kier alpha value is -0.940. The van der Waals surface area contributed by atoms with Crippen molar-refractivity contribution in [3.63, 3.8) is 0 Å². The quantitative estimate of drug-likeness (QED) is 0.520. The minimum atomic E-state index is -1.29. The van der Waals surface area contributed by atoms with E-state index in [1.54, 1.807) is 0 Å². The van der Waals surface area contributed by atoms with Crippen molar-refractivity contribution in [2.24, 2.45) is 34.0 Å². The van der Waals surface area contributed by atoms with E-state index in [1.807, 2.05) is 13.8 Å². The number of alkyl halides is 1. The van der Waals surface area contributed by atoms with Crippen LogP contribution in [-0.2, 0) is 9.53 Å². The molecule has 138 valence electrons. The number of hydrogen-bond donors (Lipinski definition) is 2. The molecule has 1 saturated heterocycles. The van der Waals surface area contributed by atoms with Crippen LogP contribution in [0.3, 0.4) is 0 Å². The van der Waals surface area contributed by atoms with Crippen LogP contribution >= 0.6 is 0 Å². The SMILES string of the molecule is C=C1[C@@H]2CC[C@H]3[C@]4(C)[C@H](O)CC[C@@]5(C)C(=O)O[C@@H]([C@H](O)[C@]3(C2)[C@H]1F)[C@@H]45. The van der Waals surface area contributed by atoms with Crippen molar-refractivity contribution < 1.29 is 24.1 Å². The fourth-order valence-corrected chi connectivity index (χ4v) is 7.89. The van der Waals surface area contributed by atoms with Crippen LogP contribution in [-0.4, -0.2) is 40.7 Å². The van der Waals surface area contributed by atoms with Gasteiger partial charge in [-0.15, -0.1) is 0 Å². The molecule has 10 atom stereocenters. The highest BCUT2D eigenvalue weighted by molar-refractivity contribution is 5.80. The van der Waals surface area contributed by atoms with E-state index in [4.69, 9.17) is 4.74 Å². The van der Waals surface area contributed by atoms with Crippen LogP contribution in [0.4, 0.5) is 4.39 Å². The number of rotatable bonds is 0. The lowest BCUT2D eigenvalue weighted by molar-refractivity contribution is -0.259. The Morgan fingerprint density at radius 3 is 2.68 bits per heavy atom. The summed E-state index contributed by atoms with van der Waals surface area (Å²) in [6, 6.07) is 0. The number of fused-ring (bicyclic) bond motifs is 2. The van der Waals surface area contributed by atoms with Crippen molar-refractivity contribution in [1.29, 1.82) is 0 Å². The van der Waals surface area contributed by atoms with Gasteiger partial charge in [0.1, 0.15) is 18.4 Å². The average molecular weight is 350 g/mol. The molecule has 5 fully saturated rings. The van der Waals surface area contributed by atoms with E-state index in [1.165, 1.54) is 0 Å². The highest BCUT2D eigenvalue weighted by Crippen LogP contribution is 2.74. The van der Waals surface area contributed by atoms with Crippen molar-refractivity contribution in [2.45, 2.75) is 70.4 Å². The standard InChI is InChI=1S/C20H27FO4/c1-9-10-4-5-11-19(3)12(22)6-7-18(2)14(19)13(25-17(18)24)16(23)20(11,8-10)15(9)21/h10-16,22-23H,1,4-8H2,2-3H3/t10-,11+,12-,13-,14-,15+,16+,18-,19-,20+/m1/s1. The number of hydrogen-bond acceptors (Lipinski definition) is 4. The normalized spacial score (nSPS) is 62.4. The molecule has 5 rings (SSSR count). The number of carbonyl (C=O) groups is 1. The predicted octanol–water partition coefficient (Wildman–Crippen LogP) is 2.38. The molecule has 0 aromatic rings. The lowest BCUT2D eigenvalue weighted by Crippen LogP contribution is -2.70. The molecule has 0 aromatic carbocycles. The first-order chi connectivity index (χ1) is 11.7. The molecule has 4 nitrogen and oxygen atoms in total. The van der Waals surface area contributed by atoms with Gasteiger partial charge in [-0.25, -0.2) is 4.39 Å². The summed E-state index contributed by atoms with van der Waals surface area (Å²) in [5, 5.41) is 22.3. The van der Waals surface area contributed by atoms with Gasteiger partial charge in [-0.2, -0.15) is 0 Å².